The van der Waals surface area contributed by atoms with Crippen molar-refractivity contribution in [2.24, 2.45) is 0 Å². The molecule has 1 N–H and O–H groups in total. The van der Waals surface area contributed by atoms with Crippen molar-refractivity contribution in [1.82, 2.24) is 10.6 Å². The zero-order chi connectivity index (χ0) is 12.8. The lowest BCUT2D eigenvalue weighted by molar-refractivity contribution is 0.177. The van der Waals surface area contributed by atoms with Crippen LogP contribution in [-0.4, -0.2) is 23.5 Å². The number of nitrogens with zero attached hydrogens (tertiary/aromatic N) is 1. The summed E-state index contributed by atoms with van der Waals surface area (Å²) in [5, 5.41) is 0. The average molecular weight is 233 g/mol. The first-order valence-corrected chi connectivity index (χ1v) is 6.53. The van der Waals surface area contributed by atoms with E-state index in [0.29, 0.717) is 18.6 Å². The van der Waals surface area contributed by atoms with E-state index >= 15 is 0 Å². The predicted molar refractivity (Wildman–Crippen MR) is 73.9 cm³/mol. The van der Waals surface area contributed by atoms with Gasteiger partial charge in [-0.2, -0.15) is 0 Å². The Morgan fingerprint density at radius 3 is 2.00 bits per heavy atom. The molecule has 0 fully saturated rings. The molecule has 1 rings (SSSR count). The van der Waals surface area contributed by atoms with Gasteiger partial charge in [-0.05, 0) is 45.2 Å². The minimum absolute atomic E-state index is 0.388. The van der Waals surface area contributed by atoms with Crippen molar-refractivity contribution >= 4 is 0 Å². The van der Waals surface area contributed by atoms with Crippen molar-refractivity contribution in [3.8, 4) is 0 Å². The summed E-state index contributed by atoms with van der Waals surface area (Å²) in [7, 11) is 0. The predicted octanol–water partition coefficient (Wildman–Crippen LogP) is 3.13. The van der Waals surface area contributed by atoms with Crippen LogP contribution >= 0.6 is 0 Å². The van der Waals surface area contributed by atoms with E-state index in [1.165, 1.54) is 11.1 Å². The summed E-state index contributed by atoms with van der Waals surface area (Å²) in [5.74, 6) is 0. The molecule has 0 heterocycles. The zero-order valence-corrected chi connectivity index (χ0v) is 11.5. The van der Waals surface area contributed by atoms with Crippen LogP contribution in [0.5, 0.6) is 0 Å². The molecule has 17 heavy (non-hydrogen) atoms. The smallest absolute Gasteiger partial charge is 0.0353 e. The first-order valence-electron chi connectivity index (χ1n) is 6.53. The number of rotatable bonds is 6. The summed E-state index contributed by atoms with van der Waals surface area (Å²) in [4.78, 5) is 2.50. The Hall–Kier alpha value is -0.860. The van der Waals surface area contributed by atoms with E-state index < -0.39 is 0 Å². The van der Waals surface area contributed by atoms with E-state index in [2.05, 4.69) is 50.8 Å². The second-order valence-corrected chi connectivity index (χ2v) is 5.12. The molecular weight excluding hydrogens is 208 g/mol. The van der Waals surface area contributed by atoms with Crippen LogP contribution in [0.15, 0.2) is 24.3 Å². The highest BCUT2D eigenvalue weighted by Gasteiger charge is 2.13. The maximum absolute atomic E-state index is 7.53. The minimum atomic E-state index is 0.388. The molecule has 0 unspecified atom stereocenters. The zero-order valence-electron chi connectivity index (χ0n) is 11.5. The van der Waals surface area contributed by atoms with Gasteiger partial charge in [0, 0.05) is 25.2 Å². The number of nitrogens with one attached hydrogen (secondary N) is 1. The molecule has 0 bridgehead atoms. The topological polar surface area (TPSA) is 27.0 Å². The number of benzene rings is 1. The second kappa shape index (κ2) is 6.77. The molecule has 0 aliphatic heterocycles. The Balaban J connectivity index is 2.65. The summed E-state index contributed by atoms with van der Waals surface area (Å²) >= 11 is 0. The molecule has 0 aliphatic carbocycles. The molecule has 2 nitrogen and oxygen atoms in total. The molecule has 0 amide bonds. The summed E-state index contributed by atoms with van der Waals surface area (Å²) in [6.45, 7) is 10.4. The Labute approximate surface area is 106 Å². The molecule has 0 saturated heterocycles. The van der Waals surface area contributed by atoms with E-state index in [1.54, 1.807) is 0 Å². The molecule has 1 radical (unpaired) electrons. The average Bonchev–Trinajstić information content (AvgIpc) is 2.29. The van der Waals surface area contributed by atoms with Gasteiger partial charge in [0.25, 0.3) is 0 Å². The highest BCUT2D eigenvalue weighted by Crippen LogP contribution is 2.12. The highest BCUT2D eigenvalue weighted by molar-refractivity contribution is 5.27. The van der Waals surface area contributed by atoms with Gasteiger partial charge < -0.3 is 0 Å². The molecule has 1 aromatic rings. The molecule has 1 aromatic carbocycles. The quantitative estimate of drug-likeness (QED) is 0.741. The third-order valence-corrected chi connectivity index (χ3v) is 3.27. The number of hydrogen-bond donors (Lipinski definition) is 0. The van der Waals surface area contributed by atoms with Crippen molar-refractivity contribution in [3.63, 3.8) is 0 Å². The van der Waals surface area contributed by atoms with Crippen LogP contribution in [0, 0.1) is 0 Å². The van der Waals surface area contributed by atoms with Crippen molar-refractivity contribution in [2.45, 2.75) is 52.7 Å². The molecule has 95 valence electrons. The van der Waals surface area contributed by atoms with Gasteiger partial charge in [-0.15, -0.1) is 0 Å². The van der Waals surface area contributed by atoms with Crippen molar-refractivity contribution in [2.75, 3.05) is 6.54 Å². The van der Waals surface area contributed by atoms with Crippen LogP contribution < -0.4 is 5.73 Å². The standard InChI is InChI=1S/C15H25N2/c1-12(2)17(13(3)4)10-9-14-7-5-6-8-15(14)11-16/h5-8,12-13,16H,9-11H2,1-4H3. The lowest BCUT2D eigenvalue weighted by Crippen LogP contribution is -2.38. The fourth-order valence-corrected chi connectivity index (χ4v) is 2.34. The van der Waals surface area contributed by atoms with E-state index in [0.717, 1.165) is 13.0 Å². The van der Waals surface area contributed by atoms with Crippen molar-refractivity contribution < 1.29 is 0 Å². The van der Waals surface area contributed by atoms with Crippen LogP contribution in [0.25, 0.3) is 0 Å². The van der Waals surface area contributed by atoms with Crippen LogP contribution in [0.4, 0.5) is 0 Å². The van der Waals surface area contributed by atoms with Gasteiger partial charge in [-0.1, -0.05) is 24.3 Å². The third kappa shape index (κ3) is 4.14. The molecule has 2 heteroatoms. The van der Waals surface area contributed by atoms with Gasteiger partial charge >= 0.3 is 0 Å². The fraction of sp³-hybridized carbons (Fsp3) is 0.600. The maximum atomic E-state index is 7.53. The molecular formula is C15H25N2. The molecule has 0 spiro atoms. The van der Waals surface area contributed by atoms with Crippen LogP contribution in [-0.2, 0) is 13.0 Å². The second-order valence-electron chi connectivity index (χ2n) is 5.12. The summed E-state index contributed by atoms with van der Waals surface area (Å²) in [6.07, 6.45) is 1.05. The van der Waals surface area contributed by atoms with E-state index in [1.807, 2.05) is 6.07 Å². The Kier molecular flexibility index (Phi) is 5.66. The van der Waals surface area contributed by atoms with Gasteiger partial charge in [0.1, 0.15) is 0 Å². The Bertz CT molecular complexity index is 323. The van der Waals surface area contributed by atoms with Crippen LogP contribution in [0.2, 0.25) is 0 Å². The minimum Gasteiger partial charge on any atom is -0.298 e. The van der Waals surface area contributed by atoms with Crippen molar-refractivity contribution in [1.29, 1.82) is 0 Å². The lowest BCUT2D eigenvalue weighted by Gasteiger charge is -2.30. The first kappa shape index (κ1) is 14.2. The monoisotopic (exact) mass is 233 g/mol. The van der Waals surface area contributed by atoms with Gasteiger partial charge in [0.2, 0.25) is 0 Å². The van der Waals surface area contributed by atoms with Crippen LogP contribution in [0.1, 0.15) is 38.8 Å². The SMILES string of the molecule is CC(C)N(CCc1ccccc1C[NH])C(C)C. The van der Waals surface area contributed by atoms with E-state index in [9.17, 15) is 0 Å². The van der Waals surface area contributed by atoms with Gasteiger partial charge in [-0.25, -0.2) is 0 Å². The lowest BCUT2D eigenvalue weighted by atomic mass is 10.0. The summed E-state index contributed by atoms with van der Waals surface area (Å²) in [6, 6.07) is 9.48. The Morgan fingerprint density at radius 2 is 1.53 bits per heavy atom. The molecule has 0 saturated carbocycles. The normalized spacial score (nSPS) is 11.8. The van der Waals surface area contributed by atoms with Gasteiger partial charge in [-0.3, -0.25) is 10.6 Å². The fourth-order valence-electron chi connectivity index (χ4n) is 2.34. The maximum Gasteiger partial charge on any atom is 0.0353 e. The molecule has 0 aliphatic rings. The number of hydrogen-bond acceptors (Lipinski definition) is 1. The Morgan fingerprint density at radius 1 is 1.00 bits per heavy atom. The molecule has 0 atom stereocenters. The van der Waals surface area contributed by atoms with E-state index in [-0.39, 0.29) is 0 Å². The summed E-state index contributed by atoms with van der Waals surface area (Å²) in [5.41, 5.74) is 10.0. The van der Waals surface area contributed by atoms with Crippen LogP contribution in [0.3, 0.4) is 0 Å². The van der Waals surface area contributed by atoms with E-state index in [4.69, 9.17) is 5.73 Å². The largest absolute Gasteiger partial charge is 0.298 e. The molecule has 0 aromatic heterocycles. The highest BCUT2D eigenvalue weighted by atomic mass is 15.2. The van der Waals surface area contributed by atoms with Crippen molar-refractivity contribution in [3.05, 3.63) is 35.4 Å². The van der Waals surface area contributed by atoms with Gasteiger partial charge in [0.15, 0.2) is 0 Å². The summed E-state index contributed by atoms with van der Waals surface area (Å²) < 4.78 is 0. The first-order chi connectivity index (χ1) is 8.06. The third-order valence-electron chi connectivity index (χ3n) is 3.27. The van der Waals surface area contributed by atoms with Gasteiger partial charge in [0.05, 0.1) is 0 Å².